The second kappa shape index (κ2) is 11.7. The van der Waals surface area contributed by atoms with Crippen molar-refractivity contribution in [1.29, 1.82) is 0 Å². The summed E-state index contributed by atoms with van der Waals surface area (Å²) in [4.78, 5) is 0. The standard InChI is InChI=1S/C30H20Cl4P2/c31-21-11-1-5-15-25(21)35(26-16-6-2-12-22(26)32)29-19-9-10-20-30(29)36(27-17-7-3-13-23(27)33)28-18-8-4-14-24(28)34/h1-20H. The van der Waals surface area contributed by atoms with E-state index in [0.29, 0.717) is 0 Å². The maximum atomic E-state index is 6.82. The molecular formula is C30H20Cl4P2. The molecule has 0 bridgehead atoms. The van der Waals surface area contributed by atoms with E-state index in [2.05, 4.69) is 48.5 Å². The van der Waals surface area contributed by atoms with Crippen molar-refractivity contribution < 1.29 is 0 Å². The van der Waals surface area contributed by atoms with E-state index < -0.39 is 15.8 Å². The molecule has 0 aliphatic carbocycles. The van der Waals surface area contributed by atoms with Gasteiger partial charge in [-0.2, -0.15) is 0 Å². The highest BCUT2D eigenvalue weighted by Gasteiger charge is 2.29. The Bertz CT molecular complexity index is 1310. The van der Waals surface area contributed by atoms with Crippen LogP contribution in [0.2, 0.25) is 20.1 Å². The number of hydrogen-bond donors (Lipinski definition) is 0. The molecule has 0 spiro atoms. The SMILES string of the molecule is Clc1ccccc1P(c1ccccc1Cl)c1ccccc1P(c1ccccc1Cl)c1ccccc1Cl. The van der Waals surface area contributed by atoms with Crippen LogP contribution in [0.1, 0.15) is 0 Å². The average Bonchev–Trinajstić information content (AvgIpc) is 2.89. The lowest BCUT2D eigenvalue weighted by atomic mass is 10.3. The summed E-state index contributed by atoms with van der Waals surface area (Å²) in [6, 6.07) is 40.6. The second-order valence-corrected chi connectivity index (χ2v) is 13.8. The fourth-order valence-corrected chi connectivity index (χ4v) is 11.0. The normalized spacial score (nSPS) is 11.3. The van der Waals surface area contributed by atoms with Crippen molar-refractivity contribution in [3.63, 3.8) is 0 Å². The smallest absolute Gasteiger partial charge is 0.0489 e. The van der Waals surface area contributed by atoms with E-state index in [9.17, 15) is 0 Å². The molecule has 5 aromatic carbocycles. The molecule has 0 saturated carbocycles. The van der Waals surface area contributed by atoms with E-state index in [1.807, 2.05) is 72.8 Å². The highest BCUT2D eigenvalue weighted by molar-refractivity contribution is 7.85. The third-order valence-electron chi connectivity index (χ3n) is 5.74. The highest BCUT2D eigenvalue weighted by atomic mass is 35.5. The predicted octanol–water partition coefficient (Wildman–Crippen LogP) is 7.82. The van der Waals surface area contributed by atoms with Gasteiger partial charge in [-0.1, -0.05) is 143 Å². The van der Waals surface area contributed by atoms with Crippen molar-refractivity contribution in [2.75, 3.05) is 0 Å². The van der Waals surface area contributed by atoms with E-state index in [4.69, 9.17) is 46.4 Å². The molecule has 0 N–H and O–H groups in total. The van der Waals surface area contributed by atoms with Crippen molar-refractivity contribution >= 4 is 94.1 Å². The van der Waals surface area contributed by atoms with Crippen LogP contribution in [-0.2, 0) is 0 Å². The lowest BCUT2D eigenvalue weighted by molar-refractivity contribution is 1.73. The Labute approximate surface area is 234 Å². The maximum absolute atomic E-state index is 6.82. The molecular weight excluding hydrogens is 564 g/mol. The van der Waals surface area contributed by atoms with Crippen molar-refractivity contribution in [1.82, 2.24) is 0 Å². The molecule has 0 aliphatic heterocycles. The summed E-state index contributed by atoms with van der Waals surface area (Å²) >= 11 is 27.3. The zero-order valence-electron chi connectivity index (χ0n) is 19.0. The minimum absolute atomic E-state index is 0.721. The third kappa shape index (κ3) is 5.23. The van der Waals surface area contributed by atoms with Gasteiger partial charge in [-0.15, -0.1) is 0 Å². The van der Waals surface area contributed by atoms with Crippen LogP contribution in [0.25, 0.3) is 0 Å². The number of benzene rings is 5. The molecule has 178 valence electrons. The molecule has 0 unspecified atom stereocenters. The monoisotopic (exact) mass is 582 g/mol. The molecule has 0 nitrogen and oxygen atoms in total. The van der Waals surface area contributed by atoms with Crippen LogP contribution in [0.4, 0.5) is 0 Å². The average molecular weight is 584 g/mol. The topological polar surface area (TPSA) is 0 Å². The van der Waals surface area contributed by atoms with Gasteiger partial charge < -0.3 is 0 Å². The summed E-state index contributed by atoms with van der Waals surface area (Å²) in [5.74, 6) is 0. The summed E-state index contributed by atoms with van der Waals surface area (Å²) < 4.78 is 0. The minimum atomic E-state index is -1.07. The van der Waals surface area contributed by atoms with Gasteiger partial charge in [0.15, 0.2) is 0 Å². The highest BCUT2D eigenvalue weighted by Crippen LogP contribution is 2.43. The van der Waals surface area contributed by atoms with Crippen molar-refractivity contribution in [3.05, 3.63) is 141 Å². The molecule has 5 rings (SSSR count). The van der Waals surface area contributed by atoms with E-state index in [0.717, 1.165) is 41.3 Å². The maximum Gasteiger partial charge on any atom is 0.0489 e. The van der Waals surface area contributed by atoms with E-state index in [1.54, 1.807) is 0 Å². The quantitative estimate of drug-likeness (QED) is 0.179. The lowest BCUT2D eigenvalue weighted by Crippen LogP contribution is -2.35. The Morgan fingerprint density at radius 3 is 0.694 bits per heavy atom. The molecule has 0 aromatic heterocycles. The van der Waals surface area contributed by atoms with Gasteiger partial charge in [0.2, 0.25) is 0 Å². The second-order valence-electron chi connectivity index (χ2n) is 7.97. The molecule has 0 heterocycles. The predicted molar refractivity (Wildman–Crippen MR) is 164 cm³/mol. The summed E-state index contributed by atoms with van der Waals surface area (Å²) in [6.45, 7) is 0. The first-order valence-corrected chi connectivity index (χ1v) is 15.4. The van der Waals surface area contributed by atoms with Crippen molar-refractivity contribution in [2.24, 2.45) is 0 Å². The van der Waals surface area contributed by atoms with Crippen LogP contribution >= 0.6 is 62.2 Å². The van der Waals surface area contributed by atoms with Crippen LogP contribution in [0.15, 0.2) is 121 Å². The number of rotatable bonds is 6. The molecule has 0 fully saturated rings. The van der Waals surface area contributed by atoms with Crippen LogP contribution < -0.4 is 31.8 Å². The molecule has 0 radical (unpaired) electrons. The van der Waals surface area contributed by atoms with Gasteiger partial charge in [0.25, 0.3) is 0 Å². The number of halogens is 4. The molecule has 5 aromatic rings. The Hall–Kier alpha value is -1.88. The summed E-state index contributed by atoms with van der Waals surface area (Å²) in [5, 5.41) is 9.48. The molecule has 0 atom stereocenters. The molecule has 0 aliphatic rings. The van der Waals surface area contributed by atoms with Gasteiger partial charge in [-0.3, -0.25) is 0 Å². The van der Waals surface area contributed by atoms with E-state index in [1.165, 1.54) is 10.6 Å². The van der Waals surface area contributed by atoms with Gasteiger partial charge >= 0.3 is 0 Å². The van der Waals surface area contributed by atoms with Crippen molar-refractivity contribution in [3.8, 4) is 0 Å². The molecule has 0 amide bonds. The fraction of sp³-hybridized carbons (Fsp3) is 0. The molecule has 6 heteroatoms. The minimum Gasteiger partial charge on any atom is -0.0836 e. The summed E-state index contributed by atoms with van der Waals surface area (Å²) in [7, 11) is -2.15. The largest absolute Gasteiger partial charge is 0.0836 e. The number of hydrogen-bond acceptors (Lipinski definition) is 0. The van der Waals surface area contributed by atoms with Crippen molar-refractivity contribution in [2.45, 2.75) is 0 Å². The first-order valence-electron chi connectivity index (χ1n) is 11.2. The Morgan fingerprint density at radius 2 is 0.472 bits per heavy atom. The lowest BCUT2D eigenvalue weighted by Gasteiger charge is -2.29. The summed E-state index contributed by atoms with van der Waals surface area (Å²) in [6.07, 6.45) is 0. The van der Waals surface area contributed by atoms with Gasteiger partial charge in [-0.05, 0) is 50.7 Å². The van der Waals surface area contributed by atoms with Crippen LogP contribution in [-0.4, -0.2) is 0 Å². The van der Waals surface area contributed by atoms with Gasteiger partial charge in [0.05, 0.1) is 0 Å². The zero-order valence-corrected chi connectivity index (χ0v) is 23.8. The van der Waals surface area contributed by atoms with E-state index >= 15 is 0 Å². The first kappa shape index (κ1) is 25.8. The molecule has 0 saturated heterocycles. The Balaban J connectivity index is 1.83. The fourth-order valence-electron chi connectivity index (χ4n) is 4.15. The Kier molecular flexibility index (Phi) is 8.35. The molecule has 36 heavy (non-hydrogen) atoms. The first-order chi connectivity index (χ1) is 17.6. The van der Waals surface area contributed by atoms with Crippen LogP contribution in [0.5, 0.6) is 0 Å². The van der Waals surface area contributed by atoms with Crippen LogP contribution in [0, 0.1) is 0 Å². The Morgan fingerprint density at radius 1 is 0.278 bits per heavy atom. The van der Waals surface area contributed by atoms with Gasteiger partial charge in [0.1, 0.15) is 0 Å². The van der Waals surface area contributed by atoms with Gasteiger partial charge in [-0.25, -0.2) is 0 Å². The van der Waals surface area contributed by atoms with Crippen LogP contribution in [0.3, 0.4) is 0 Å². The van der Waals surface area contributed by atoms with E-state index in [-0.39, 0.29) is 0 Å². The summed E-state index contributed by atoms with van der Waals surface area (Å²) in [5.41, 5.74) is 0. The zero-order chi connectivity index (χ0) is 25.1. The van der Waals surface area contributed by atoms with Gasteiger partial charge in [0, 0.05) is 41.3 Å². The third-order valence-corrected chi connectivity index (χ3v) is 13.0.